The van der Waals surface area contributed by atoms with Crippen molar-refractivity contribution >= 4 is 5.96 Å². The molecule has 2 rings (SSSR count). The minimum absolute atomic E-state index is 0.484. The van der Waals surface area contributed by atoms with Gasteiger partial charge in [-0.05, 0) is 24.8 Å². The molecule has 0 aromatic carbocycles. The van der Waals surface area contributed by atoms with Crippen molar-refractivity contribution in [3.8, 4) is 0 Å². The molecule has 0 aliphatic carbocycles. The van der Waals surface area contributed by atoms with Crippen LogP contribution in [0, 0.1) is 5.92 Å². The SMILES string of the molecule is CCNC(=NCC(C(CC)CC)N1CCOCC1)NCCc1cnn(C)c1. The molecule has 1 atom stereocenters. The largest absolute Gasteiger partial charge is 0.379 e. The standard InChI is InChI=1S/C20H38N6O/c1-5-18(6-2)19(26-10-12-27-13-11-26)15-23-20(21-7-3)22-9-8-17-14-24-25(4)16-17/h14,16,18-19H,5-13,15H2,1-4H3,(H2,21,22,23). The summed E-state index contributed by atoms with van der Waals surface area (Å²) < 4.78 is 7.39. The molecule has 1 aliphatic heterocycles. The van der Waals surface area contributed by atoms with Crippen molar-refractivity contribution in [3.63, 3.8) is 0 Å². The Balaban J connectivity index is 1.94. The molecule has 2 N–H and O–H groups in total. The van der Waals surface area contributed by atoms with Gasteiger partial charge in [0.05, 0.1) is 26.0 Å². The number of guanidine groups is 1. The second-order valence-corrected chi connectivity index (χ2v) is 7.21. The number of nitrogens with zero attached hydrogens (tertiary/aromatic N) is 4. The van der Waals surface area contributed by atoms with E-state index < -0.39 is 0 Å². The molecule has 7 nitrogen and oxygen atoms in total. The van der Waals surface area contributed by atoms with Gasteiger partial charge in [0.2, 0.25) is 0 Å². The average Bonchev–Trinajstić information content (AvgIpc) is 3.10. The summed E-state index contributed by atoms with van der Waals surface area (Å²) in [7, 11) is 1.95. The van der Waals surface area contributed by atoms with Crippen molar-refractivity contribution < 1.29 is 4.74 Å². The zero-order chi connectivity index (χ0) is 19.5. The molecule has 1 aromatic rings. The smallest absolute Gasteiger partial charge is 0.191 e. The molecule has 0 bridgehead atoms. The molecule has 1 aliphatic rings. The van der Waals surface area contributed by atoms with E-state index in [0.29, 0.717) is 12.0 Å². The first-order valence-corrected chi connectivity index (χ1v) is 10.5. The summed E-state index contributed by atoms with van der Waals surface area (Å²) >= 11 is 0. The maximum absolute atomic E-state index is 5.55. The van der Waals surface area contributed by atoms with Crippen molar-refractivity contribution in [2.24, 2.45) is 18.0 Å². The van der Waals surface area contributed by atoms with Gasteiger partial charge >= 0.3 is 0 Å². The molecule has 27 heavy (non-hydrogen) atoms. The summed E-state index contributed by atoms with van der Waals surface area (Å²) in [6, 6.07) is 0.484. The Morgan fingerprint density at radius 2 is 1.96 bits per heavy atom. The van der Waals surface area contributed by atoms with Gasteiger partial charge in [0.15, 0.2) is 5.96 Å². The first-order chi connectivity index (χ1) is 13.2. The maximum Gasteiger partial charge on any atom is 0.191 e. The van der Waals surface area contributed by atoms with Crippen LogP contribution in [0.3, 0.4) is 0 Å². The highest BCUT2D eigenvalue weighted by Gasteiger charge is 2.26. The number of ether oxygens (including phenoxy) is 1. The Hall–Kier alpha value is -1.60. The Bertz CT molecular complexity index is 548. The normalized spacial score (nSPS) is 17.3. The van der Waals surface area contributed by atoms with E-state index in [2.05, 4.69) is 47.6 Å². The molecule has 0 saturated carbocycles. The second kappa shape index (κ2) is 12.0. The van der Waals surface area contributed by atoms with E-state index in [1.54, 1.807) is 0 Å². The topological polar surface area (TPSA) is 66.7 Å². The molecule has 1 fully saturated rings. The zero-order valence-corrected chi connectivity index (χ0v) is 17.6. The van der Waals surface area contributed by atoms with Crippen LogP contribution in [0.15, 0.2) is 17.4 Å². The highest BCUT2D eigenvalue weighted by atomic mass is 16.5. The predicted octanol–water partition coefficient (Wildman–Crippen LogP) is 1.65. The highest BCUT2D eigenvalue weighted by molar-refractivity contribution is 5.79. The fourth-order valence-electron chi connectivity index (χ4n) is 3.76. The Kier molecular flexibility index (Phi) is 9.62. The van der Waals surface area contributed by atoms with Crippen LogP contribution < -0.4 is 10.6 Å². The van der Waals surface area contributed by atoms with Gasteiger partial charge in [-0.1, -0.05) is 26.7 Å². The lowest BCUT2D eigenvalue weighted by Gasteiger charge is -2.38. The van der Waals surface area contributed by atoms with Crippen LogP contribution in [-0.2, 0) is 18.2 Å². The van der Waals surface area contributed by atoms with Crippen molar-refractivity contribution in [2.45, 2.75) is 46.1 Å². The van der Waals surface area contributed by atoms with Gasteiger partial charge in [0.1, 0.15) is 0 Å². The van der Waals surface area contributed by atoms with Crippen molar-refractivity contribution in [1.29, 1.82) is 0 Å². The zero-order valence-electron chi connectivity index (χ0n) is 17.6. The fraction of sp³-hybridized carbons (Fsp3) is 0.800. The summed E-state index contributed by atoms with van der Waals surface area (Å²) in [5.41, 5.74) is 1.24. The van der Waals surface area contributed by atoms with Gasteiger partial charge in [-0.2, -0.15) is 5.10 Å². The number of morpholine rings is 1. The minimum atomic E-state index is 0.484. The highest BCUT2D eigenvalue weighted by Crippen LogP contribution is 2.20. The van der Waals surface area contributed by atoms with Gasteiger partial charge in [-0.15, -0.1) is 0 Å². The summed E-state index contributed by atoms with van der Waals surface area (Å²) in [4.78, 5) is 7.51. The number of aromatic nitrogens is 2. The van der Waals surface area contributed by atoms with E-state index in [0.717, 1.165) is 58.3 Å². The lowest BCUT2D eigenvalue weighted by Crippen LogP contribution is -2.49. The molecule has 2 heterocycles. The molecule has 0 amide bonds. The van der Waals surface area contributed by atoms with Crippen molar-refractivity contribution in [1.82, 2.24) is 25.3 Å². The summed E-state index contributed by atoms with van der Waals surface area (Å²) in [6.07, 6.45) is 7.32. The summed E-state index contributed by atoms with van der Waals surface area (Å²) in [5, 5.41) is 11.1. The summed E-state index contributed by atoms with van der Waals surface area (Å²) in [5.74, 6) is 1.58. The number of nitrogens with one attached hydrogen (secondary N) is 2. The molecule has 1 unspecified atom stereocenters. The Morgan fingerprint density at radius 1 is 1.22 bits per heavy atom. The third kappa shape index (κ3) is 7.14. The third-order valence-corrected chi connectivity index (χ3v) is 5.35. The predicted molar refractivity (Wildman–Crippen MR) is 111 cm³/mol. The number of aryl methyl sites for hydroxylation is 1. The van der Waals surface area contributed by atoms with E-state index in [-0.39, 0.29) is 0 Å². The lowest BCUT2D eigenvalue weighted by molar-refractivity contribution is 0.00395. The fourth-order valence-corrected chi connectivity index (χ4v) is 3.76. The van der Waals surface area contributed by atoms with Crippen LogP contribution in [0.4, 0.5) is 0 Å². The molecule has 1 saturated heterocycles. The lowest BCUT2D eigenvalue weighted by atomic mass is 9.92. The van der Waals surface area contributed by atoms with Crippen molar-refractivity contribution in [3.05, 3.63) is 18.0 Å². The van der Waals surface area contributed by atoms with Crippen LogP contribution in [-0.4, -0.2) is 72.6 Å². The van der Waals surface area contributed by atoms with E-state index in [1.807, 2.05) is 17.9 Å². The van der Waals surface area contributed by atoms with E-state index >= 15 is 0 Å². The number of rotatable bonds is 10. The molecular weight excluding hydrogens is 340 g/mol. The monoisotopic (exact) mass is 378 g/mol. The van der Waals surface area contributed by atoms with Crippen LogP contribution in [0.25, 0.3) is 0 Å². The third-order valence-electron chi connectivity index (χ3n) is 5.35. The molecule has 7 heteroatoms. The molecule has 0 spiro atoms. The quantitative estimate of drug-likeness (QED) is 0.479. The van der Waals surface area contributed by atoms with Gasteiger partial charge in [-0.3, -0.25) is 14.6 Å². The van der Waals surface area contributed by atoms with Gasteiger partial charge in [-0.25, -0.2) is 0 Å². The molecule has 0 radical (unpaired) electrons. The van der Waals surface area contributed by atoms with Gasteiger partial charge < -0.3 is 15.4 Å². The number of aliphatic imine (C=N–C) groups is 1. The maximum atomic E-state index is 5.55. The number of hydrogen-bond donors (Lipinski definition) is 2. The first kappa shape index (κ1) is 21.7. The molecule has 1 aromatic heterocycles. The van der Waals surface area contributed by atoms with Gasteiger partial charge in [0, 0.05) is 45.5 Å². The number of hydrogen-bond acceptors (Lipinski definition) is 4. The van der Waals surface area contributed by atoms with Crippen LogP contribution in [0.2, 0.25) is 0 Å². The molecular formula is C20H38N6O. The minimum Gasteiger partial charge on any atom is -0.379 e. The molecule has 154 valence electrons. The average molecular weight is 379 g/mol. The Labute approximate surface area is 164 Å². The van der Waals surface area contributed by atoms with Crippen LogP contribution >= 0.6 is 0 Å². The second-order valence-electron chi connectivity index (χ2n) is 7.21. The van der Waals surface area contributed by atoms with Crippen molar-refractivity contribution in [2.75, 3.05) is 45.9 Å². The van der Waals surface area contributed by atoms with Crippen LogP contribution in [0.5, 0.6) is 0 Å². The van der Waals surface area contributed by atoms with E-state index in [9.17, 15) is 0 Å². The Morgan fingerprint density at radius 3 is 2.56 bits per heavy atom. The van der Waals surface area contributed by atoms with Gasteiger partial charge in [0.25, 0.3) is 0 Å². The van der Waals surface area contributed by atoms with E-state index in [4.69, 9.17) is 9.73 Å². The van der Waals surface area contributed by atoms with Crippen LogP contribution in [0.1, 0.15) is 39.2 Å². The first-order valence-electron chi connectivity index (χ1n) is 10.5. The summed E-state index contributed by atoms with van der Waals surface area (Å²) in [6.45, 7) is 13.0. The van der Waals surface area contributed by atoms with E-state index in [1.165, 1.54) is 18.4 Å².